The van der Waals surface area contributed by atoms with Crippen LogP contribution in [0.2, 0.25) is 0 Å². The fraction of sp³-hybridized carbons (Fsp3) is 0.500. The minimum Gasteiger partial charge on any atom is -0.314 e. The molecule has 1 aliphatic heterocycles. The number of halogens is 4. The van der Waals surface area contributed by atoms with E-state index in [9.17, 15) is 8.78 Å². The normalized spacial score (nSPS) is 17.4. The van der Waals surface area contributed by atoms with Crippen molar-refractivity contribution in [1.29, 1.82) is 0 Å². The van der Waals surface area contributed by atoms with Crippen LogP contribution in [0.3, 0.4) is 0 Å². The average molecular weight is 299 g/mol. The predicted molar refractivity (Wildman–Crippen MR) is 74.1 cm³/mol. The molecule has 0 unspecified atom stereocenters. The van der Waals surface area contributed by atoms with Gasteiger partial charge in [-0.15, -0.1) is 24.8 Å². The highest BCUT2D eigenvalue weighted by Crippen LogP contribution is 2.23. The molecule has 1 heterocycles. The lowest BCUT2D eigenvalue weighted by Gasteiger charge is -2.33. The van der Waals surface area contributed by atoms with Gasteiger partial charge in [0.2, 0.25) is 0 Å². The third kappa shape index (κ3) is 4.05. The van der Waals surface area contributed by atoms with Crippen molar-refractivity contribution < 1.29 is 8.78 Å². The minimum atomic E-state index is -0.541. The van der Waals surface area contributed by atoms with Crippen LogP contribution in [0.4, 0.5) is 8.78 Å². The van der Waals surface area contributed by atoms with Crippen molar-refractivity contribution in [1.82, 2.24) is 10.2 Å². The molecular weight excluding hydrogens is 281 g/mol. The molecule has 1 N–H and O–H groups in total. The van der Waals surface area contributed by atoms with Crippen LogP contribution < -0.4 is 5.32 Å². The molecule has 0 amide bonds. The van der Waals surface area contributed by atoms with Crippen molar-refractivity contribution >= 4 is 24.8 Å². The van der Waals surface area contributed by atoms with Crippen LogP contribution in [0.1, 0.15) is 11.6 Å². The number of alkyl halides is 1. The number of nitrogens with zero attached hydrogens (tertiary/aromatic N) is 1. The summed E-state index contributed by atoms with van der Waals surface area (Å²) >= 11 is 0. The number of hydrogen-bond acceptors (Lipinski definition) is 2. The van der Waals surface area contributed by atoms with Gasteiger partial charge in [0.25, 0.3) is 0 Å². The second-order valence-corrected chi connectivity index (χ2v) is 3.98. The van der Waals surface area contributed by atoms with E-state index in [2.05, 4.69) is 5.32 Å². The number of hydrogen-bond donors (Lipinski definition) is 1. The summed E-state index contributed by atoms with van der Waals surface area (Å²) in [5, 5.41) is 3.20. The molecule has 1 aliphatic rings. The standard InChI is InChI=1S/C12H16F2N2.2ClH/c13-9-12(16-7-5-15-6-8-16)10-3-1-2-4-11(10)14;;/h1-4,12,15H,5-9H2;2*1H/t12-;;/m1../s1. The van der Waals surface area contributed by atoms with Crippen LogP contribution in [0.15, 0.2) is 24.3 Å². The summed E-state index contributed by atoms with van der Waals surface area (Å²) in [6.07, 6.45) is 0. The third-order valence-corrected chi connectivity index (χ3v) is 3.00. The Bertz CT molecular complexity index is 347. The van der Waals surface area contributed by atoms with Crippen LogP contribution >= 0.6 is 24.8 Å². The van der Waals surface area contributed by atoms with E-state index < -0.39 is 12.7 Å². The SMILES string of the molecule is Cl.Cl.FC[C@H](c1ccccc1F)N1CCNCC1. The zero-order chi connectivity index (χ0) is 11.4. The van der Waals surface area contributed by atoms with E-state index in [4.69, 9.17) is 0 Å². The molecule has 0 bridgehead atoms. The highest BCUT2D eigenvalue weighted by atomic mass is 35.5. The van der Waals surface area contributed by atoms with Crippen LogP contribution in [0.25, 0.3) is 0 Å². The summed E-state index contributed by atoms with van der Waals surface area (Å²) in [5.41, 5.74) is 0.465. The first-order valence-corrected chi connectivity index (χ1v) is 5.58. The molecule has 0 spiro atoms. The number of rotatable bonds is 3. The first kappa shape index (κ1) is 17.6. The zero-order valence-corrected chi connectivity index (χ0v) is 11.6. The van der Waals surface area contributed by atoms with Crippen molar-refractivity contribution in [3.8, 4) is 0 Å². The lowest BCUT2D eigenvalue weighted by molar-refractivity contribution is 0.144. The second kappa shape index (κ2) is 8.64. The van der Waals surface area contributed by atoms with Crippen molar-refractivity contribution in [2.24, 2.45) is 0 Å². The van der Waals surface area contributed by atoms with E-state index in [0.717, 1.165) is 26.2 Å². The molecule has 0 radical (unpaired) electrons. The van der Waals surface area contributed by atoms with Crippen LogP contribution in [-0.4, -0.2) is 37.8 Å². The van der Waals surface area contributed by atoms with Crippen molar-refractivity contribution in [2.75, 3.05) is 32.9 Å². The van der Waals surface area contributed by atoms with Crippen LogP contribution in [0.5, 0.6) is 0 Å². The maximum absolute atomic E-state index is 13.6. The topological polar surface area (TPSA) is 15.3 Å². The highest BCUT2D eigenvalue weighted by molar-refractivity contribution is 5.85. The quantitative estimate of drug-likeness (QED) is 0.923. The molecule has 1 aromatic carbocycles. The lowest BCUT2D eigenvalue weighted by atomic mass is 10.1. The van der Waals surface area contributed by atoms with Gasteiger partial charge in [-0.25, -0.2) is 8.78 Å². The molecule has 0 aromatic heterocycles. The van der Waals surface area contributed by atoms with Crippen molar-refractivity contribution in [3.63, 3.8) is 0 Å². The molecule has 1 saturated heterocycles. The molecular formula is C12H18Cl2F2N2. The molecule has 0 aliphatic carbocycles. The molecule has 2 nitrogen and oxygen atoms in total. The van der Waals surface area contributed by atoms with Gasteiger partial charge >= 0.3 is 0 Å². The molecule has 18 heavy (non-hydrogen) atoms. The molecule has 1 fully saturated rings. The lowest BCUT2D eigenvalue weighted by Crippen LogP contribution is -2.45. The molecule has 0 saturated carbocycles. The second-order valence-electron chi connectivity index (χ2n) is 3.98. The van der Waals surface area contributed by atoms with Crippen LogP contribution in [0, 0.1) is 5.82 Å². The van der Waals surface area contributed by atoms with E-state index in [1.165, 1.54) is 6.07 Å². The first-order chi connectivity index (χ1) is 7.83. The van der Waals surface area contributed by atoms with E-state index in [0.29, 0.717) is 5.56 Å². The van der Waals surface area contributed by atoms with E-state index >= 15 is 0 Å². The maximum atomic E-state index is 13.6. The largest absolute Gasteiger partial charge is 0.314 e. The molecule has 1 atom stereocenters. The fourth-order valence-electron chi connectivity index (χ4n) is 2.12. The zero-order valence-electron chi connectivity index (χ0n) is 9.94. The first-order valence-electron chi connectivity index (χ1n) is 5.58. The summed E-state index contributed by atoms with van der Waals surface area (Å²) in [6.45, 7) is 2.67. The van der Waals surface area contributed by atoms with Gasteiger partial charge in [0.05, 0.1) is 6.04 Å². The van der Waals surface area contributed by atoms with E-state index in [1.807, 2.05) is 4.90 Å². The Morgan fingerprint density at radius 1 is 1.17 bits per heavy atom. The number of benzene rings is 1. The third-order valence-electron chi connectivity index (χ3n) is 3.00. The van der Waals surface area contributed by atoms with Gasteiger partial charge in [-0.1, -0.05) is 18.2 Å². The van der Waals surface area contributed by atoms with Crippen molar-refractivity contribution in [2.45, 2.75) is 6.04 Å². The Labute approximate surface area is 119 Å². The monoisotopic (exact) mass is 298 g/mol. The Balaban J connectivity index is 0.00000144. The molecule has 2 rings (SSSR count). The van der Waals surface area contributed by atoms with E-state index in [1.54, 1.807) is 18.2 Å². The Hall–Kier alpha value is -0.420. The summed E-state index contributed by atoms with van der Waals surface area (Å²) < 4.78 is 26.7. The van der Waals surface area contributed by atoms with Gasteiger partial charge in [0.1, 0.15) is 12.5 Å². The van der Waals surface area contributed by atoms with Gasteiger partial charge in [-0.2, -0.15) is 0 Å². The fourth-order valence-corrected chi connectivity index (χ4v) is 2.12. The molecule has 1 aromatic rings. The van der Waals surface area contributed by atoms with Gasteiger partial charge in [0, 0.05) is 31.7 Å². The van der Waals surface area contributed by atoms with Gasteiger partial charge in [0.15, 0.2) is 0 Å². The minimum absolute atomic E-state index is 0. The maximum Gasteiger partial charge on any atom is 0.128 e. The Kier molecular flexibility index (Phi) is 8.44. The molecule has 104 valence electrons. The summed E-state index contributed by atoms with van der Waals surface area (Å²) in [5.74, 6) is -0.316. The summed E-state index contributed by atoms with van der Waals surface area (Å²) in [6, 6.07) is 6.00. The van der Waals surface area contributed by atoms with Crippen LogP contribution in [-0.2, 0) is 0 Å². The van der Waals surface area contributed by atoms with Gasteiger partial charge in [-0.3, -0.25) is 4.90 Å². The van der Waals surface area contributed by atoms with Gasteiger partial charge in [-0.05, 0) is 6.07 Å². The predicted octanol–water partition coefficient (Wildman–Crippen LogP) is 2.59. The number of piperazine rings is 1. The average Bonchev–Trinajstić information content (AvgIpc) is 2.34. The highest BCUT2D eigenvalue weighted by Gasteiger charge is 2.23. The van der Waals surface area contributed by atoms with E-state index in [-0.39, 0.29) is 30.6 Å². The number of nitrogens with one attached hydrogen (secondary N) is 1. The summed E-state index contributed by atoms with van der Waals surface area (Å²) in [4.78, 5) is 1.99. The van der Waals surface area contributed by atoms with Crippen molar-refractivity contribution in [3.05, 3.63) is 35.6 Å². The molecule has 6 heteroatoms. The van der Waals surface area contributed by atoms with Gasteiger partial charge < -0.3 is 5.32 Å². The summed E-state index contributed by atoms with van der Waals surface area (Å²) in [7, 11) is 0. The smallest absolute Gasteiger partial charge is 0.128 e. The Morgan fingerprint density at radius 3 is 2.33 bits per heavy atom. The Morgan fingerprint density at radius 2 is 1.78 bits per heavy atom.